The van der Waals surface area contributed by atoms with Crippen molar-refractivity contribution in [1.82, 2.24) is 0 Å². The highest BCUT2D eigenvalue weighted by atomic mass is 79.9. The lowest BCUT2D eigenvalue weighted by atomic mass is 10.1. The van der Waals surface area contributed by atoms with Crippen molar-refractivity contribution in [2.24, 2.45) is 0 Å². The Bertz CT molecular complexity index is 640. The molecule has 0 heterocycles. The number of rotatable bonds is 5. The number of aryl methyl sites for hydroxylation is 1. The van der Waals surface area contributed by atoms with Gasteiger partial charge in [-0.05, 0) is 37.6 Å². The zero-order valence-electron chi connectivity index (χ0n) is 12.2. The van der Waals surface area contributed by atoms with Crippen LogP contribution >= 0.6 is 15.9 Å². The number of benzene rings is 2. The number of carbonyl (C=O) groups is 1. The van der Waals surface area contributed by atoms with Crippen LogP contribution in [0.2, 0.25) is 0 Å². The van der Waals surface area contributed by atoms with Gasteiger partial charge in [-0.2, -0.15) is 0 Å². The summed E-state index contributed by atoms with van der Waals surface area (Å²) in [6.07, 6.45) is 0. The van der Waals surface area contributed by atoms with E-state index >= 15 is 0 Å². The number of para-hydroxylation sites is 1. The molecule has 2 aromatic carbocycles. The molecule has 0 bridgehead atoms. The van der Waals surface area contributed by atoms with Crippen molar-refractivity contribution < 1.29 is 9.53 Å². The summed E-state index contributed by atoms with van der Waals surface area (Å²) in [7, 11) is 0. The number of nitrogens with one attached hydrogen (secondary N) is 1. The van der Waals surface area contributed by atoms with E-state index in [1.807, 2.05) is 56.3 Å². The molecule has 1 N–H and O–H groups in total. The number of ether oxygens (including phenoxy) is 1. The van der Waals surface area contributed by atoms with Gasteiger partial charge < -0.3 is 10.1 Å². The molecular weight excluding hydrogens is 330 g/mol. The Morgan fingerprint density at radius 2 is 2.00 bits per heavy atom. The third kappa shape index (κ3) is 4.16. The predicted octanol–water partition coefficient (Wildman–Crippen LogP) is 4.55. The summed E-state index contributed by atoms with van der Waals surface area (Å²) in [6.45, 7) is 5.08. The van der Waals surface area contributed by atoms with Crippen LogP contribution in [0.5, 0.6) is 0 Å². The second kappa shape index (κ2) is 7.38. The summed E-state index contributed by atoms with van der Waals surface area (Å²) in [4.78, 5) is 12.3. The van der Waals surface area contributed by atoms with Gasteiger partial charge >= 0.3 is 0 Å². The molecule has 0 saturated heterocycles. The fraction of sp³-hybridized carbons (Fsp3) is 0.235. The van der Waals surface area contributed by atoms with Crippen molar-refractivity contribution in [3.05, 3.63) is 63.6 Å². The van der Waals surface area contributed by atoms with Gasteiger partial charge in [0.15, 0.2) is 0 Å². The largest absolute Gasteiger partial charge is 0.377 e. The molecule has 0 spiro atoms. The molecule has 2 aromatic rings. The molecule has 0 aliphatic rings. The number of hydrogen-bond donors (Lipinski definition) is 1. The van der Waals surface area contributed by atoms with Crippen LogP contribution in [0.1, 0.15) is 28.4 Å². The summed E-state index contributed by atoms with van der Waals surface area (Å²) in [5.74, 6) is -0.125. The van der Waals surface area contributed by atoms with Crippen molar-refractivity contribution in [3.8, 4) is 0 Å². The van der Waals surface area contributed by atoms with E-state index in [9.17, 15) is 4.79 Å². The van der Waals surface area contributed by atoms with Gasteiger partial charge in [0, 0.05) is 27.9 Å². The molecule has 0 unspecified atom stereocenters. The zero-order valence-corrected chi connectivity index (χ0v) is 13.7. The van der Waals surface area contributed by atoms with E-state index in [-0.39, 0.29) is 5.91 Å². The van der Waals surface area contributed by atoms with Crippen molar-refractivity contribution in [1.29, 1.82) is 0 Å². The van der Waals surface area contributed by atoms with Crippen molar-refractivity contribution >= 4 is 27.5 Å². The number of amides is 1. The average molecular weight is 348 g/mol. The second-order valence-corrected chi connectivity index (χ2v) is 5.57. The number of anilines is 1. The number of halogens is 1. The van der Waals surface area contributed by atoms with Crippen molar-refractivity contribution in [3.63, 3.8) is 0 Å². The van der Waals surface area contributed by atoms with E-state index in [4.69, 9.17) is 4.74 Å². The third-order valence-electron chi connectivity index (χ3n) is 3.16. The van der Waals surface area contributed by atoms with E-state index in [2.05, 4.69) is 21.2 Å². The number of hydrogen-bond acceptors (Lipinski definition) is 2. The van der Waals surface area contributed by atoms with Gasteiger partial charge in [-0.1, -0.05) is 40.2 Å². The molecule has 0 atom stereocenters. The van der Waals surface area contributed by atoms with Crippen LogP contribution in [-0.2, 0) is 11.3 Å². The van der Waals surface area contributed by atoms with Crippen LogP contribution in [0.3, 0.4) is 0 Å². The lowest BCUT2D eigenvalue weighted by Crippen LogP contribution is -2.13. The molecule has 0 aromatic heterocycles. The lowest BCUT2D eigenvalue weighted by molar-refractivity contribution is 0.102. The summed E-state index contributed by atoms with van der Waals surface area (Å²) < 4.78 is 6.35. The van der Waals surface area contributed by atoms with Gasteiger partial charge in [-0.25, -0.2) is 0 Å². The fourth-order valence-electron chi connectivity index (χ4n) is 1.91. The first-order valence-electron chi connectivity index (χ1n) is 6.85. The topological polar surface area (TPSA) is 38.3 Å². The molecule has 21 heavy (non-hydrogen) atoms. The van der Waals surface area contributed by atoms with Gasteiger partial charge in [0.1, 0.15) is 0 Å². The van der Waals surface area contributed by atoms with Gasteiger partial charge in [0.25, 0.3) is 5.91 Å². The maximum absolute atomic E-state index is 12.3. The van der Waals surface area contributed by atoms with Gasteiger partial charge in [-0.15, -0.1) is 0 Å². The van der Waals surface area contributed by atoms with Crippen LogP contribution in [0.4, 0.5) is 5.69 Å². The molecule has 4 heteroatoms. The van der Waals surface area contributed by atoms with E-state index in [0.29, 0.717) is 18.8 Å². The molecular formula is C17H18BrNO2. The van der Waals surface area contributed by atoms with Gasteiger partial charge in [0.2, 0.25) is 0 Å². The summed E-state index contributed by atoms with van der Waals surface area (Å²) in [5.41, 5.74) is 3.48. The SMILES string of the molecule is CCOCc1ccccc1NC(=O)c1ccc(C)c(Br)c1. The molecule has 2 rings (SSSR count). The minimum absolute atomic E-state index is 0.125. The number of carbonyl (C=O) groups excluding carboxylic acids is 1. The Balaban J connectivity index is 2.17. The zero-order chi connectivity index (χ0) is 15.2. The minimum Gasteiger partial charge on any atom is -0.377 e. The maximum atomic E-state index is 12.3. The highest BCUT2D eigenvalue weighted by Crippen LogP contribution is 2.20. The Morgan fingerprint density at radius 3 is 2.71 bits per heavy atom. The second-order valence-electron chi connectivity index (χ2n) is 4.71. The first-order chi connectivity index (χ1) is 10.1. The van der Waals surface area contributed by atoms with Crippen LogP contribution in [-0.4, -0.2) is 12.5 Å². The first kappa shape index (κ1) is 15.7. The van der Waals surface area contributed by atoms with Crippen LogP contribution in [0, 0.1) is 6.92 Å². The summed E-state index contributed by atoms with van der Waals surface area (Å²) in [5, 5.41) is 2.94. The van der Waals surface area contributed by atoms with Crippen molar-refractivity contribution in [2.45, 2.75) is 20.5 Å². The molecule has 3 nitrogen and oxygen atoms in total. The smallest absolute Gasteiger partial charge is 0.255 e. The lowest BCUT2D eigenvalue weighted by Gasteiger charge is -2.11. The Hall–Kier alpha value is -1.65. The summed E-state index contributed by atoms with van der Waals surface area (Å²) >= 11 is 3.45. The molecule has 0 fully saturated rings. The van der Waals surface area contributed by atoms with Crippen LogP contribution < -0.4 is 5.32 Å². The third-order valence-corrected chi connectivity index (χ3v) is 4.02. The molecule has 1 amide bonds. The monoisotopic (exact) mass is 347 g/mol. The maximum Gasteiger partial charge on any atom is 0.255 e. The molecule has 0 aliphatic carbocycles. The Labute approximate surface area is 133 Å². The van der Waals surface area contributed by atoms with E-state index in [0.717, 1.165) is 21.3 Å². The van der Waals surface area contributed by atoms with Crippen LogP contribution in [0.25, 0.3) is 0 Å². The molecule has 0 saturated carbocycles. The standard InChI is InChI=1S/C17H18BrNO2/c1-3-21-11-14-6-4-5-7-16(14)19-17(20)13-9-8-12(2)15(18)10-13/h4-10H,3,11H2,1-2H3,(H,19,20). The van der Waals surface area contributed by atoms with E-state index in [1.165, 1.54) is 0 Å². The van der Waals surface area contributed by atoms with E-state index < -0.39 is 0 Å². The Morgan fingerprint density at radius 1 is 1.24 bits per heavy atom. The van der Waals surface area contributed by atoms with Crippen molar-refractivity contribution in [2.75, 3.05) is 11.9 Å². The quantitative estimate of drug-likeness (QED) is 0.861. The summed E-state index contributed by atoms with van der Waals surface area (Å²) in [6, 6.07) is 13.2. The predicted molar refractivity (Wildman–Crippen MR) is 88.6 cm³/mol. The highest BCUT2D eigenvalue weighted by Gasteiger charge is 2.10. The van der Waals surface area contributed by atoms with Crippen LogP contribution in [0.15, 0.2) is 46.9 Å². The molecule has 110 valence electrons. The minimum atomic E-state index is -0.125. The normalized spacial score (nSPS) is 10.4. The average Bonchev–Trinajstić information content (AvgIpc) is 2.49. The molecule has 0 aliphatic heterocycles. The Kier molecular flexibility index (Phi) is 5.53. The first-order valence-corrected chi connectivity index (χ1v) is 7.64. The highest BCUT2D eigenvalue weighted by molar-refractivity contribution is 9.10. The van der Waals surface area contributed by atoms with E-state index in [1.54, 1.807) is 0 Å². The fourth-order valence-corrected chi connectivity index (χ4v) is 2.29. The molecule has 0 radical (unpaired) electrons. The van der Waals surface area contributed by atoms with Gasteiger partial charge in [0.05, 0.1) is 6.61 Å². The van der Waals surface area contributed by atoms with Gasteiger partial charge in [-0.3, -0.25) is 4.79 Å².